The standard InChI is InChI=1S/C10H17N4/c1-8-6-4-5-7-9(8)13-14(2,3)10(11)12/h4-7,13H,1-3H3,(H3,11,12)/q+1. The van der Waals surface area contributed by atoms with Crippen LogP contribution in [0, 0.1) is 12.3 Å². The van der Waals surface area contributed by atoms with E-state index in [4.69, 9.17) is 11.1 Å². The van der Waals surface area contributed by atoms with Crippen LogP contribution in [0.3, 0.4) is 0 Å². The number of nitrogens with one attached hydrogen (secondary N) is 2. The van der Waals surface area contributed by atoms with Gasteiger partial charge in [0.2, 0.25) is 0 Å². The third-order valence-corrected chi connectivity index (χ3v) is 2.15. The first-order valence-corrected chi connectivity index (χ1v) is 4.46. The van der Waals surface area contributed by atoms with Crippen LogP contribution in [0.1, 0.15) is 5.56 Å². The second-order valence-corrected chi connectivity index (χ2v) is 3.77. The number of quaternary nitrogens is 1. The molecule has 0 unspecified atom stereocenters. The van der Waals surface area contributed by atoms with E-state index in [0.29, 0.717) is 0 Å². The van der Waals surface area contributed by atoms with Crippen molar-refractivity contribution in [3.8, 4) is 0 Å². The molecule has 0 aliphatic carbocycles. The number of hydrogen-bond donors (Lipinski definition) is 3. The minimum absolute atomic E-state index is 0.0771. The van der Waals surface area contributed by atoms with Gasteiger partial charge in [-0.25, -0.2) is 10.8 Å². The first-order valence-electron chi connectivity index (χ1n) is 4.46. The Hall–Kier alpha value is -1.55. The van der Waals surface area contributed by atoms with Crippen molar-refractivity contribution in [2.45, 2.75) is 6.92 Å². The molecule has 14 heavy (non-hydrogen) atoms. The Morgan fingerprint density at radius 3 is 2.43 bits per heavy atom. The van der Waals surface area contributed by atoms with Crippen LogP contribution in [-0.4, -0.2) is 24.6 Å². The maximum atomic E-state index is 7.40. The summed E-state index contributed by atoms with van der Waals surface area (Å²) in [6, 6.07) is 7.92. The van der Waals surface area contributed by atoms with E-state index < -0.39 is 0 Å². The smallest absolute Gasteiger partial charge is 0.316 e. The highest BCUT2D eigenvalue weighted by atomic mass is 15.7. The molecule has 4 nitrogen and oxygen atoms in total. The molecule has 0 radical (unpaired) electrons. The van der Waals surface area contributed by atoms with Gasteiger partial charge in [-0.05, 0) is 18.6 Å². The van der Waals surface area contributed by atoms with E-state index in [0.717, 1.165) is 11.3 Å². The largest absolute Gasteiger partial charge is 0.336 e. The molecule has 1 aromatic carbocycles. The molecule has 0 aliphatic rings. The van der Waals surface area contributed by atoms with Gasteiger partial charge in [0.25, 0.3) is 0 Å². The molecule has 0 atom stereocenters. The average molecular weight is 193 g/mol. The Kier molecular flexibility index (Phi) is 2.76. The lowest BCUT2D eigenvalue weighted by Crippen LogP contribution is -2.53. The molecule has 0 amide bonds. The molecule has 1 rings (SSSR count). The summed E-state index contributed by atoms with van der Waals surface area (Å²) >= 11 is 0. The number of nitrogens with two attached hydrogens (primary N) is 1. The highest BCUT2D eigenvalue weighted by molar-refractivity contribution is 5.68. The summed E-state index contributed by atoms with van der Waals surface area (Å²) < 4.78 is 0.158. The van der Waals surface area contributed by atoms with E-state index in [1.165, 1.54) is 0 Å². The quantitative estimate of drug-likeness (QED) is 0.287. The van der Waals surface area contributed by atoms with Crippen molar-refractivity contribution < 1.29 is 4.59 Å². The summed E-state index contributed by atoms with van der Waals surface area (Å²) in [5, 5.41) is 7.40. The van der Waals surface area contributed by atoms with Crippen molar-refractivity contribution in [1.82, 2.24) is 0 Å². The molecular weight excluding hydrogens is 176 g/mol. The highest BCUT2D eigenvalue weighted by Gasteiger charge is 2.20. The predicted molar refractivity (Wildman–Crippen MR) is 58.8 cm³/mol. The second-order valence-electron chi connectivity index (χ2n) is 3.77. The van der Waals surface area contributed by atoms with Gasteiger partial charge in [-0.15, -0.1) is 0 Å². The first kappa shape index (κ1) is 10.5. The van der Waals surface area contributed by atoms with Crippen molar-refractivity contribution >= 4 is 11.6 Å². The van der Waals surface area contributed by atoms with Crippen LogP contribution in [0.25, 0.3) is 0 Å². The molecule has 76 valence electrons. The lowest BCUT2D eigenvalue weighted by atomic mass is 10.2. The van der Waals surface area contributed by atoms with Crippen molar-refractivity contribution in [1.29, 1.82) is 5.41 Å². The maximum Gasteiger partial charge on any atom is 0.316 e. The van der Waals surface area contributed by atoms with E-state index >= 15 is 0 Å². The summed E-state index contributed by atoms with van der Waals surface area (Å²) in [6.07, 6.45) is 0. The third kappa shape index (κ3) is 2.23. The van der Waals surface area contributed by atoms with Gasteiger partial charge in [0, 0.05) is 0 Å². The molecule has 0 heterocycles. The van der Waals surface area contributed by atoms with Crippen LogP contribution in [0.5, 0.6) is 0 Å². The molecule has 0 bridgehead atoms. The molecule has 0 saturated carbocycles. The first-order chi connectivity index (χ1) is 6.43. The number of rotatable bonds is 2. The van der Waals surface area contributed by atoms with Gasteiger partial charge in [-0.2, -0.15) is 4.59 Å². The fraction of sp³-hybridized carbons (Fsp3) is 0.300. The Labute approximate surface area is 84.4 Å². The van der Waals surface area contributed by atoms with Gasteiger partial charge < -0.3 is 5.73 Å². The summed E-state index contributed by atoms with van der Waals surface area (Å²) in [5.41, 5.74) is 10.8. The summed E-state index contributed by atoms with van der Waals surface area (Å²) in [5.74, 6) is 0.0771. The summed E-state index contributed by atoms with van der Waals surface area (Å²) in [6.45, 7) is 2.02. The molecule has 4 heteroatoms. The van der Waals surface area contributed by atoms with Gasteiger partial charge in [-0.1, -0.05) is 18.2 Å². The number of benzene rings is 1. The van der Waals surface area contributed by atoms with Crippen LogP contribution in [0.2, 0.25) is 0 Å². The van der Waals surface area contributed by atoms with Gasteiger partial charge in [0.1, 0.15) is 0 Å². The van der Waals surface area contributed by atoms with Crippen LogP contribution in [0.15, 0.2) is 24.3 Å². The van der Waals surface area contributed by atoms with Crippen LogP contribution in [-0.2, 0) is 0 Å². The van der Waals surface area contributed by atoms with Crippen LogP contribution >= 0.6 is 0 Å². The molecule has 0 aromatic heterocycles. The number of guanidine groups is 1. The lowest BCUT2D eigenvalue weighted by molar-refractivity contribution is -0.777. The number of aryl methyl sites for hydroxylation is 1. The van der Waals surface area contributed by atoms with E-state index in [1.54, 1.807) is 0 Å². The zero-order chi connectivity index (χ0) is 10.8. The monoisotopic (exact) mass is 193 g/mol. The van der Waals surface area contributed by atoms with E-state index in [1.807, 2.05) is 45.3 Å². The molecule has 0 fully saturated rings. The molecule has 0 spiro atoms. The summed E-state index contributed by atoms with van der Waals surface area (Å²) in [4.78, 5) is 0. The van der Waals surface area contributed by atoms with Crippen LogP contribution in [0.4, 0.5) is 5.69 Å². The maximum absolute atomic E-state index is 7.40. The van der Waals surface area contributed by atoms with Gasteiger partial charge in [0.15, 0.2) is 0 Å². The number of nitrogens with zero attached hydrogens (tertiary/aromatic N) is 1. The van der Waals surface area contributed by atoms with Crippen molar-refractivity contribution in [3.63, 3.8) is 0 Å². The van der Waals surface area contributed by atoms with Gasteiger partial charge >= 0.3 is 5.96 Å². The molecule has 0 aliphatic heterocycles. The number of anilines is 1. The minimum Gasteiger partial charge on any atom is -0.336 e. The fourth-order valence-electron chi connectivity index (χ4n) is 1.06. The molecule has 0 saturated heterocycles. The SMILES string of the molecule is Cc1ccccc1N[N+](C)(C)C(=N)N. The minimum atomic E-state index is 0.0771. The fourth-order valence-corrected chi connectivity index (χ4v) is 1.06. The Balaban J connectivity index is 2.89. The zero-order valence-electron chi connectivity index (χ0n) is 8.83. The van der Waals surface area contributed by atoms with Crippen LogP contribution < -0.4 is 11.2 Å². The Morgan fingerprint density at radius 2 is 1.93 bits per heavy atom. The van der Waals surface area contributed by atoms with Crippen molar-refractivity contribution in [2.24, 2.45) is 5.73 Å². The normalized spacial score (nSPS) is 11.1. The predicted octanol–water partition coefficient (Wildman–Crippen LogP) is 1.29. The summed E-state index contributed by atoms with van der Waals surface area (Å²) in [7, 11) is 3.66. The second kappa shape index (κ2) is 3.67. The lowest BCUT2D eigenvalue weighted by Gasteiger charge is -2.27. The third-order valence-electron chi connectivity index (χ3n) is 2.15. The van der Waals surface area contributed by atoms with Gasteiger partial charge in [-0.3, -0.25) is 0 Å². The molecule has 4 N–H and O–H groups in total. The average Bonchev–Trinajstić information content (AvgIpc) is 2.08. The number of hydrogen-bond acceptors (Lipinski definition) is 2. The molecule has 1 aromatic rings. The highest BCUT2D eigenvalue weighted by Crippen LogP contribution is 2.15. The van der Waals surface area contributed by atoms with Crippen molar-refractivity contribution in [2.75, 3.05) is 19.5 Å². The van der Waals surface area contributed by atoms with E-state index in [-0.39, 0.29) is 10.6 Å². The van der Waals surface area contributed by atoms with E-state index in [9.17, 15) is 0 Å². The Morgan fingerprint density at radius 1 is 1.36 bits per heavy atom. The topological polar surface area (TPSA) is 61.9 Å². The van der Waals surface area contributed by atoms with Crippen molar-refractivity contribution in [3.05, 3.63) is 29.8 Å². The molecular formula is C10H17N4+. The van der Waals surface area contributed by atoms with E-state index in [2.05, 4.69) is 5.43 Å². The Bertz CT molecular complexity index is 344. The van der Waals surface area contributed by atoms with Gasteiger partial charge in [0.05, 0.1) is 19.8 Å². The number of para-hydroxylation sites is 1. The zero-order valence-corrected chi connectivity index (χ0v) is 8.83.